The quantitative estimate of drug-likeness (QED) is 0.313. The van der Waals surface area contributed by atoms with Crippen molar-refractivity contribution >= 4 is 11.8 Å². The Kier molecular flexibility index (Phi) is 7.21. The van der Waals surface area contributed by atoms with Crippen molar-refractivity contribution in [3.8, 4) is 0 Å². The molecule has 1 heterocycles. The van der Waals surface area contributed by atoms with Gasteiger partial charge in [0.05, 0.1) is 12.1 Å². The number of aromatic nitrogens is 1. The molecule has 0 fully saturated rings. The van der Waals surface area contributed by atoms with Crippen LogP contribution >= 0.6 is 0 Å². The van der Waals surface area contributed by atoms with Gasteiger partial charge in [-0.05, 0) is 19.1 Å². The summed E-state index contributed by atoms with van der Waals surface area (Å²) in [7, 11) is 0. The van der Waals surface area contributed by atoms with E-state index in [1.54, 1.807) is 6.08 Å². The molecule has 0 radical (unpaired) electrons. The molecule has 5 nitrogen and oxygen atoms in total. The van der Waals surface area contributed by atoms with Gasteiger partial charge in [-0.1, -0.05) is 6.08 Å². The SMILES string of the molecule is C=CCNC(=NCCNc1ncccc1C(F)(F)F)NCC. The number of aliphatic imine (C=N–C) groups is 1. The molecule has 0 saturated carbocycles. The first-order chi connectivity index (χ1) is 10.5. The van der Waals surface area contributed by atoms with Crippen molar-refractivity contribution in [2.45, 2.75) is 13.1 Å². The van der Waals surface area contributed by atoms with E-state index in [-0.39, 0.29) is 12.4 Å². The van der Waals surface area contributed by atoms with Crippen LogP contribution in [0, 0.1) is 0 Å². The van der Waals surface area contributed by atoms with E-state index in [9.17, 15) is 13.2 Å². The first kappa shape index (κ1) is 17.8. The lowest BCUT2D eigenvalue weighted by atomic mass is 10.2. The number of nitrogens with one attached hydrogen (secondary N) is 3. The molecule has 8 heteroatoms. The molecular weight excluding hydrogens is 295 g/mol. The number of nitrogens with zero attached hydrogens (tertiary/aromatic N) is 2. The van der Waals surface area contributed by atoms with Gasteiger partial charge < -0.3 is 16.0 Å². The molecule has 122 valence electrons. The Hall–Kier alpha value is -2.25. The molecule has 1 aromatic rings. The summed E-state index contributed by atoms with van der Waals surface area (Å²) in [4.78, 5) is 7.96. The maximum atomic E-state index is 12.8. The Morgan fingerprint density at radius 2 is 2.18 bits per heavy atom. The average molecular weight is 315 g/mol. The predicted molar refractivity (Wildman–Crippen MR) is 81.9 cm³/mol. The highest BCUT2D eigenvalue weighted by atomic mass is 19.4. The Morgan fingerprint density at radius 3 is 2.82 bits per heavy atom. The van der Waals surface area contributed by atoms with E-state index < -0.39 is 11.7 Å². The van der Waals surface area contributed by atoms with E-state index in [0.29, 0.717) is 25.6 Å². The second kappa shape index (κ2) is 8.91. The number of hydrogen-bond acceptors (Lipinski definition) is 3. The van der Waals surface area contributed by atoms with Crippen molar-refractivity contribution in [3.05, 3.63) is 36.5 Å². The number of rotatable bonds is 7. The van der Waals surface area contributed by atoms with E-state index >= 15 is 0 Å². The Bertz CT molecular complexity index is 499. The normalized spacial score (nSPS) is 11.9. The monoisotopic (exact) mass is 315 g/mol. The number of guanidine groups is 1. The fourth-order valence-electron chi connectivity index (χ4n) is 1.63. The molecule has 22 heavy (non-hydrogen) atoms. The van der Waals surface area contributed by atoms with Gasteiger partial charge in [0.1, 0.15) is 5.82 Å². The molecule has 0 bridgehead atoms. The Labute approximate surface area is 127 Å². The van der Waals surface area contributed by atoms with Gasteiger partial charge in [0.25, 0.3) is 0 Å². The van der Waals surface area contributed by atoms with Crippen LogP contribution in [0.2, 0.25) is 0 Å². The number of hydrogen-bond donors (Lipinski definition) is 3. The lowest BCUT2D eigenvalue weighted by Crippen LogP contribution is -2.37. The number of halogens is 3. The topological polar surface area (TPSA) is 61.3 Å². The molecular formula is C14H20F3N5. The second-order valence-corrected chi connectivity index (χ2v) is 4.25. The van der Waals surface area contributed by atoms with Crippen molar-refractivity contribution in [3.63, 3.8) is 0 Å². The third kappa shape index (κ3) is 6.02. The van der Waals surface area contributed by atoms with E-state index in [4.69, 9.17) is 0 Å². The van der Waals surface area contributed by atoms with Crippen LogP contribution in [0.15, 0.2) is 36.0 Å². The van der Waals surface area contributed by atoms with Crippen LogP contribution in [-0.2, 0) is 6.18 Å². The molecule has 0 spiro atoms. The zero-order chi connectivity index (χ0) is 16.4. The zero-order valence-electron chi connectivity index (χ0n) is 12.4. The molecule has 0 aliphatic carbocycles. The smallest absolute Gasteiger partial charge is 0.368 e. The highest BCUT2D eigenvalue weighted by Crippen LogP contribution is 2.33. The standard InChI is InChI=1S/C14H20F3N5/c1-3-7-21-13(18-4-2)22-10-9-20-12-11(14(15,16)17)6-5-8-19-12/h3,5-6,8H,1,4,7,9-10H2,2H3,(H,19,20)(H2,18,21,22). The second-order valence-electron chi connectivity index (χ2n) is 4.25. The Balaban J connectivity index is 2.58. The van der Waals surface area contributed by atoms with Crippen LogP contribution in [0.25, 0.3) is 0 Å². The highest BCUT2D eigenvalue weighted by molar-refractivity contribution is 5.79. The van der Waals surface area contributed by atoms with Crippen LogP contribution in [0.4, 0.5) is 19.0 Å². The van der Waals surface area contributed by atoms with Crippen molar-refractivity contribution < 1.29 is 13.2 Å². The van der Waals surface area contributed by atoms with E-state index in [1.165, 1.54) is 12.3 Å². The van der Waals surface area contributed by atoms with Crippen molar-refractivity contribution in [1.29, 1.82) is 0 Å². The van der Waals surface area contributed by atoms with E-state index in [0.717, 1.165) is 6.07 Å². The first-order valence-electron chi connectivity index (χ1n) is 6.88. The Morgan fingerprint density at radius 1 is 1.41 bits per heavy atom. The van der Waals surface area contributed by atoms with Gasteiger partial charge in [0.15, 0.2) is 5.96 Å². The number of pyridine rings is 1. The van der Waals surface area contributed by atoms with E-state index in [1.807, 2.05) is 6.92 Å². The van der Waals surface area contributed by atoms with Gasteiger partial charge >= 0.3 is 6.18 Å². The van der Waals surface area contributed by atoms with Crippen LogP contribution in [0.5, 0.6) is 0 Å². The van der Waals surface area contributed by atoms with Crippen LogP contribution in [0.1, 0.15) is 12.5 Å². The first-order valence-corrected chi connectivity index (χ1v) is 6.88. The third-order valence-corrected chi connectivity index (χ3v) is 2.55. The van der Waals surface area contributed by atoms with Crippen LogP contribution in [0.3, 0.4) is 0 Å². The lowest BCUT2D eigenvalue weighted by molar-refractivity contribution is -0.137. The van der Waals surface area contributed by atoms with Crippen LogP contribution < -0.4 is 16.0 Å². The fourth-order valence-corrected chi connectivity index (χ4v) is 1.63. The summed E-state index contributed by atoms with van der Waals surface area (Å²) in [6, 6.07) is 2.25. The summed E-state index contributed by atoms with van der Waals surface area (Å²) >= 11 is 0. The molecule has 0 saturated heterocycles. The summed E-state index contributed by atoms with van der Waals surface area (Å²) in [5, 5.41) is 8.68. The molecule has 0 aliphatic heterocycles. The fraction of sp³-hybridized carbons (Fsp3) is 0.429. The molecule has 0 aliphatic rings. The minimum atomic E-state index is -4.43. The molecule has 1 rings (SSSR count). The maximum absolute atomic E-state index is 12.8. The third-order valence-electron chi connectivity index (χ3n) is 2.55. The zero-order valence-corrected chi connectivity index (χ0v) is 12.4. The molecule has 1 aromatic heterocycles. The van der Waals surface area contributed by atoms with Gasteiger partial charge in [0, 0.05) is 25.8 Å². The van der Waals surface area contributed by atoms with Crippen molar-refractivity contribution in [1.82, 2.24) is 15.6 Å². The summed E-state index contributed by atoms with van der Waals surface area (Å²) < 4.78 is 38.4. The summed E-state index contributed by atoms with van der Waals surface area (Å²) in [5.74, 6) is 0.399. The molecule has 0 atom stereocenters. The summed E-state index contributed by atoms with van der Waals surface area (Å²) in [6.07, 6.45) is -1.43. The maximum Gasteiger partial charge on any atom is 0.419 e. The van der Waals surface area contributed by atoms with Gasteiger partial charge in [-0.3, -0.25) is 4.99 Å². The van der Waals surface area contributed by atoms with E-state index in [2.05, 4.69) is 32.5 Å². The average Bonchev–Trinajstić information content (AvgIpc) is 2.48. The summed E-state index contributed by atoms with van der Waals surface area (Å²) in [6.45, 7) is 7.30. The van der Waals surface area contributed by atoms with Crippen molar-refractivity contribution in [2.24, 2.45) is 4.99 Å². The predicted octanol–water partition coefficient (Wildman–Crippen LogP) is 2.25. The van der Waals surface area contributed by atoms with Crippen LogP contribution in [-0.4, -0.2) is 37.1 Å². The lowest BCUT2D eigenvalue weighted by Gasteiger charge is -2.13. The minimum Gasteiger partial charge on any atom is -0.368 e. The molecule has 0 amide bonds. The number of alkyl halides is 3. The van der Waals surface area contributed by atoms with Gasteiger partial charge in [-0.2, -0.15) is 13.2 Å². The highest BCUT2D eigenvalue weighted by Gasteiger charge is 2.33. The summed E-state index contributed by atoms with van der Waals surface area (Å²) in [5.41, 5.74) is -0.782. The van der Waals surface area contributed by atoms with Gasteiger partial charge in [-0.25, -0.2) is 4.98 Å². The van der Waals surface area contributed by atoms with Gasteiger partial charge in [-0.15, -0.1) is 6.58 Å². The molecule has 3 N–H and O–H groups in total. The van der Waals surface area contributed by atoms with Crippen molar-refractivity contribution in [2.75, 3.05) is 31.5 Å². The largest absolute Gasteiger partial charge is 0.419 e. The minimum absolute atomic E-state index is 0.186. The molecule has 0 aromatic carbocycles. The van der Waals surface area contributed by atoms with Gasteiger partial charge in [0.2, 0.25) is 0 Å². The molecule has 0 unspecified atom stereocenters. The number of anilines is 1.